The molecule has 0 bridgehead atoms. The van der Waals surface area contributed by atoms with Gasteiger partial charge in [-0.2, -0.15) is 4.98 Å². The van der Waals surface area contributed by atoms with Crippen molar-refractivity contribution in [1.29, 1.82) is 0 Å². The molecule has 1 aromatic heterocycles. The highest BCUT2D eigenvalue weighted by Gasteiger charge is 2.22. The summed E-state index contributed by atoms with van der Waals surface area (Å²) in [5.74, 6) is -0.133. The van der Waals surface area contributed by atoms with E-state index < -0.39 is 12.1 Å². The summed E-state index contributed by atoms with van der Waals surface area (Å²) in [5.41, 5.74) is 1.32. The van der Waals surface area contributed by atoms with Crippen LogP contribution in [-0.2, 0) is 4.74 Å². The molecular formula is C20H19FN2O4. The van der Waals surface area contributed by atoms with Crippen molar-refractivity contribution in [1.82, 2.24) is 10.1 Å². The van der Waals surface area contributed by atoms with Crippen LogP contribution in [0.15, 0.2) is 47.0 Å². The molecule has 0 radical (unpaired) electrons. The minimum Gasteiger partial charge on any atom is -0.493 e. The van der Waals surface area contributed by atoms with Crippen LogP contribution < -0.4 is 4.74 Å². The number of carbonyl (C=O) groups excluding carboxylic acids is 1. The molecule has 1 heterocycles. The molecule has 3 rings (SSSR count). The third-order valence-electron chi connectivity index (χ3n) is 3.91. The first-order chi connectivity index (χ1) is 13.0. The summed E-state index contributed by atoms with van der Waals surface area (Å²) in [6.07, 6.45) is -0.774. The normalized spacial score (nSPS) is 11.9. The van der Waals surface area contributed by atoms with E-state index in [1.165, 1.54) is 6.07 Å². The van der Waals surface area contributed by atoms with Crippen LogP contribution in [0.3, 0.4) is 0 Å². The summed E-state index contributed by atoms with van der Waals surface area (Å²) in [6, 6.07) is 11.5. The van der Waals surface area contributed by atoms with E-state index in [1.54, 1.807) is 50.2 Å². The number of esters is 1. The summed E-state index contributed by atoms with van der Waals surface area (Å²) >= 11 is 0. The van der Waals surface area contributed by atoms with Crippen molar-refractivity contribution in [2.75, 3.05) is 6.61 Å². The lowest BCUT2D eigenvalue weighted by atomic mass is 10.1. The van der Waals surface area contributed by atoms with Crippen LogP contribution in [0.2, 0.25) is 0 Å². The molecule has 140 valence electrons. The highest BCUT2D eigenvalue weighted by molar-refractivity contribution is 5.92. The van der Waals surface area contributed by atoms with Crippen molar-refractivity contribution < 1.29 is 23.2 Å². The third kappa shape index (κ3) is 4.13. The average molecular weight is 370 g/mol. The Morgan fingerprint density at radius 2 is 2.04 bits per heavy atom. The summed E-state index contributed by atoms with van der Waals surface area (Å²) in [5, 5.41) is 3.84. The van der Waals surface area contributed by atoms with Crippen LogP contribution in [0.1, 0.15) is 41.8 Å². The van der Waals surface area contributed by atoms with Crippen molar-refractivity contribution in [2.45, 2.75) is 26.9 Å². The number of nitrogens with zero attached hydrogens (tertiary/aromatic N) is 2. The molecule has 0 aliphatic rings. The van der Waals surface area contributed by atoms with Crippen molar-refractivity contribution in [3.05, 3.63) is 65.3 Å². The molecule has 0 saturated carbocycles. The second-order valence-corrected chi connectivity index (χ2v) is 5.90. The maximum atomic E-state index is 13.7. The maximum Gasteiger partial charge on any atom is 0.342 e. The van der Waals surface area contributed by atoms with Gasteiger partial charge in [0.1, 0.15) is 17.1 Å². The van der Waals surface area contributed by atoms with Crippen molar-refractivity contribution in [3.63, 3.8) is 0 Å². The second-order valence-electron chi connectivity index (χ2n) is 5.90. The standard InChI is InChI=1S/C20H19FN2O4/c1-4-25-17-8-6-5-7-15(17)20(24)26-13(3)19-22-18(23-27-19)14-10-9-12(2)16(21)11-14/h5-11,13H,4H2,1-3H3. The van der Waals surface area contributed by atoms with E-state index >= 15 is 0 Å². The van der Waals surface area contributed by atoms with Gasteiger partial charge in [-0.05, 0) is 44.5 Å². The number of rotatable bonds is 6. The molecule has 1 atom stereocenters. The number of aromatic nitrogens is 2. The number of carbonyl (C=O) groups is 1. The van der Waals surface area contributed by atoms with Crippen LogP contribution in [0, 0.1) is 12.7 Å². The highest BCUT2D eigenvalue weighted by Crippen LogP contribution is 2.25. The zero-order chi connectivity index (χ0) is 19.4. The summed E-state index contributed by atoms with van der Waals surface area (Å²) < 4.78 is 29.7. The molecule has 0 aliphatic carbocycles. The number of aryl methyl sites for hydroxylation is 1. The van der Waals surface area contributed by atoms with Crippen LogP contribution in [0.4, 0.5) is 4.39 Å². The van der Waals surface area contributed by atoms with Gasteiger partial charge < -0.3 is 14.0 Å². The number of hydrogen-bond acceptors (Lipinski definition) is 6. The molecule has 1 unspecified atom stereocenters. The van der Waals surface area contributed by atoms with Gasteiger partial charge in [0, 0.05) is 5.56 Å². The fraction of sp³-hybridized carbons (Fsp3) is 0.250. The molecule has 0 amide bonds. The minimum atomic E-state index is -0.774. The molecule has 0 N–H and O–H groups in total. The number of hydrogen-bond donors (Lipinski definition) is 0. The monoisotopic (exact) mass is 370 g/mol. The zero-order valence-electron chi connectivity index (χ0n) is 15.2. The van der Waals surface area contributed by atoms with Gasteiger partial charge in [0.2, 0.25) is 5.82 Å². The lowest BCUT2D eigenvalue weighted by molar-refractivity contribution is 0.0261. The fourth-order valence-electron chi connectivity index (χ4n) is 2.44. The molecule has 7 heteroatoms. The first-order valence-electron chi connectivity index (χ1n) is 8.52. The van der Waals surface area contributed by atoms with Crippen molar-refractivity contribution >= 4 is 5.97 Å². The van der Waals surface area contributed by atoms with E-state index in [4.69, 9.17) is 14.0 Å². The Kier molecular flexibility index (Phi) is 5.49. The van der Waals surface area contributed by atoms with Gasteiger partial charge >= 0.3 is 5.97 Å². The first-order valence-corrected chi connectivity index (χ1v) is 8.52. The van der Waals surface area contributed by atoms with Gasteiger partial charge in [0.15, 0.2) is 6.10 Å². The Morgan fingerprint density at radius 3 is 2.78 bits per heavy atom. The average Bonchev–Trinajstić information content (AvgIpc) is 3.15. The largest absolute Gasteiger partial charge is 0.493 e. The minimum absolute atomic E-state index is 0.119. The van der Waals surface area contributed by atoms with Crippen LogP contribution in [-0.4, -0.2) is 22.7 Å². The van der Waals surface area contributed by atoms with Crippen molar-refractivity contribution in [2.24, 2.45) is 0 Å². The molecule has 0 saturated heterocycles. The van der Waals surface area contributed by atoms with Gasteiger partial charge in [-0.3, -0.25) is 0 Å². The van der Waals surface area contributed by atoms with Gasteiger partial charge in [-0.1, -0.05) is 29.4 Å². The highest BCUT2D eigenvalue weighted by atomic mass is 19.1. The van der Waals surface area contributed by atoms with Crippen LogP contribution in [0.25, 0.3) is 11.4 Å². The summed E-state index contributed by atoms with van der Waals surface area (Å²) in [7, 11) is 0. The van der Waals surface area contributed by atoms with Gasteiger partial charge in [0.05, 0.1) is 6.61 Å². The summed E-state index contributed by atoms with van der Waals surface area (Å²) in [4.78, 5) is 16.6. The fourth-order valence-corrected chi connectivity index (χ4v) is 2.44. The van der Waals surface area contributed by atoms with E-state index in [0.717, 1.165) is 0 Å². The van der Waals surface area contributed by atoms with Crippen LogP contribution in [0.5, 0.6) is 5.75 Å². The quantitative estimate of drug-likeness (QED) is 0.595. The van der Waals surface area contributed by atoms with E-state index in [-0.39, 0.29) is 17.5 Å². The maximum absolute atomic E-state index is 13.7. The van der Waals surface area contributed by atoms with Gasteiger partial charge in [-0.15, -0.1) is 0 Å². The smallest absolute Gasteiger partial charge is 0.342 e. The Morgan fingerprint density at radius 1 is 1.26 bits per heavy atom. The van der Waals surface area contributed by atoms with Gasteiger partial charge in [0.25, 0.3) is 5.89 Å². The number of benzene rings is 2. The lowest BCUT2D eigenvalue weighted by Gasteiger charge is -2.12. The van der Waals surface area contributed by atoms with E-state index in [2.05, 4.69) is 10.1 Å². The van der Waals surface area contributed by atoms with Crippen LogP contribution >= 0.6 is 0 Å². The second kappa shape index (κ2) is 7.99. The molecule has 27 heavy (non-hydrogen) atoms. The Hall–Kier alpha value is -3.22. The summed E-state index contributed by atoms with van der Waals surface area (Å²) in [6.45, 7) is 5.55. The zero-order valence-corrected chi connectivity index (χ0v) is 15.2. The first kappa shape index (κ1) is 18.6. The Balaban J connectivity index is 1.75. The predicted octanol–water partition coefficient (Wildman–Crippen LogP) is 4.50. The molecule has 2 aromatic carbocycles. The van der Waals surface area contributed by atoms with Gasteiger partial charge in [-0.25, -0.2) is 9.18 Å². The molecule has 0 aliphatic heterocycles. The topological polar surface area (TPSA) is 74.5 Å². The number of para-hydroxylation sites is 1. The van der Waals surface area contributed by atoms with E-state index in [0.29, 0.717) is 29.0 Å². The molecule has 6 nitrogen and oxygen atoms in total. The number of ether oxygens (including phenoxy) is 2. The molecule has 3 aromatic rings. The molecule has 0 fully saturated rings. The SMILES string of the molecule is CCOc1ccccc1C(=O)OC(C)c1nc(-c2ccc(C)c(F)c2)no1. The third-order valence-corrected chi connectivity index (χ3v) is 3.91. The predicted molar refractivity (Wildman–Crippen MR) is 95.9 cm³/mol. The van der Waals surface area contributed by atoms with E-state index in [1.807, 2.05) is 6.92 Å². The lowest BCUT2D eigenvalue weighted by Crippen LogP contribution is -2.11. The number of halogens is 1. The van der Waals surface area contributed by atoms with E-state index in [9.17, 15) is 9.18 Å². The Labute approximate surface area is 155 Å². The molecule has 0 spiro atoms. The Bertz CT molecular complexity index is 955. The molecular weight excluding hydrogens is 351 g/mol. The van der Waals surface area contributed by atoms with Crippen molar-refractivity contribution in [3.8, 4) is 17.1 Å².